The van der Waals surface area contributed by atoms with Gasteiger partial charge in [-0.2, -0.15) is 4.68 Å². The van der Waals surface area contributed by atoms with Gasteiger partial charge in [-0.15, -0.1) is 16.4 Å². The Labute approximate surface area is 121 Å². The first-order chi connectivity index (χ1) is 9.24. The van der Waals surface area contributed by atoms with Gasteiger partial charge in [0, 0.05) is 4.47 Å². The summed E-state index contributed by atoms with van der Waals surface area (Å²) in [5.41, 5.74) is 0.982. The zero-order valence-electron chi connectivity index (χ0n) is 9.75. The molecule has 0 unspecified atom stereocenters. The van der Waals surface area contributed by atoms with Crippen LogP contribution in [0.2, 0.25) is 0 Å². The molecule has 0 saturated heterocycles. The van der Waals surface area contributed by atoms with Gasteiger partial charge in [0.1, 0.15) is 0 Å². The predicted molar refractivity (Wildman–Crippen MR) is 77.3 cm³/mol. The minimum atomic E-state index is -0.445. The second-order valence-electron chi connectivity index (χ2n) is 3.90. The van der Waals surface area contributed by atoms with Crippen molar-refractivity contribution in [1.82, 2.24) is 9.78 Å². The Morgan fingerprint density at radius 2 is 2.11 bits per heavy atom. The molecule has 2 aromatic heterocycles. The van der Waals surface area contributed by atoms with Gasteiger partial charge in [-0.25, -0.2) is 4.79 Å². The van der Waals surface area contributed by atoms with Crippen molar-refractivity contribution >= 4 is 27.3 Å². The van der Waals surface area contributed by atoms with E-state index in [0.29, 0.717) is 12.4 Å². The zero-order chi connectivity index (χ0) is 13.2. The number of benzene rings is 1. The van der Waals surface area contributed by atoms with Gasteiger partial charge in [0.2, 0.25) is 0 Å². The van der Waals surface area contributed by atoms with Gasteiger partial charge in [-0.3, -0.25) is 0 Å². The van der Waals surface area contributed by atoms with E-state index in [1.807, 2.05) is 41.8 Å². The lowest BCUT2D eigenvalue weighted by molar-refractivity contribution is 0.495. The molecule has 0 bridgehead atoms. The predicted octanol–water partition coefficient (Wildman–Crippen LogP) is 3.38. The largest absolute Gasteiger partial charge is 0.437 e. The number of hydrogen-bond acceptors (Lipinski definition) is 4. The van der Waals surface area contributed by atoms with E-state index in [0.717, 1.165) is 14.9 Å². The average Bonchev–Trinajstić information content (AvgIpc) is 3.02. The van der Waals surface area contributed by atoms with Gasteiger partial charge in [-0.05, 0) is 23.1 Å². The highest BCUT2D eigenvalue weighted by Gasteiger charge is 2.12. The molecule has 0 amide bonds. The number of aromatic nitrogens is 2. The van der Waals surface area contributed by atoms with Crippen LogP contribution in [0, 0.1) is 0 Å². The molecule has 0 radical (unpaired) electrons. The second-order valence-corrected chi connectivity index (χ2v) is 5.70. The number of halogens is 1. The molecule has 96 valence electrons. The molecule has 0 N–H and O–H groups in total. The van der Waals surface area contributed by atoms with Gasteiger partial charge in [-0.1, -0.05) is 40.2 Å². The Morgan fingerprint density at radius 1 is 1.26 bits per heavy atom. The minimum absolute atomic E-state index is 0.368. The van der Waals surface area contributed by atoms with Gasteiger partial charge >= 0.3 is 5.76 Å². The minimum Gasteiger partial charge on any atom is -0.387 e. The summed E-state index contributed by atoms with van der Waals surface area (Å²) in [6.45, 7) is 0.384. The number of rotatable bonds is 3. The van der Waals surface area contributed by atoms with Crippen LogP contribution in [0.25, 0.3) is 10.8 Å². The molecule has 4 nitrogen and oxygen atoms in total. The monoisotopic (exact) mass is 336 g/mol. The van der Waals surface area contributed by atoms with Crippen molar-refractivity contribution < 1.29 is 4.42 Å². The van der Waals surface area contributed by atoms with E-state index in [-0.39, 0.29) is 0 Å². The summed E-state index contributed by atoms with van der Waals surface area (Å²) in [5.74, 6) is -0.0776. The van der Waals surface area contributed by atoms with Crippen LogP contribution in [0.4, 0.5) is 0 Å². The van der Waals surface area contributed by atoms with Gasteiger partial charge in [0.05, 0.1) is 11.4 Å². The molecule has 6 heteroatoms. The molecule has 0 aliphatic heterocycles. The molecule has 1 aromatic carbocycles. The molecular formula is C13H9BrN2O2S. The van der Waals surface area contributed by atoms with E-state index >= 15 is 0 Å². The van der Waals surface area contributed by atoms with Crippen LogP contribution in [-0.2, 0) is 6.54 Å². The van der Waals surface area contributed by atoms with E-state index < -0.39 is 5.76 Å². The Kier molecular flexibility index (Phi) is 3.35. The normalized spacial score (nSPS) is 10.8. The molecular weight excluding hydrogens is 328 g/mol. The molecule has 19 heavy (non-hydrogen) atoms. The molecule has 2 heterocycles. The van der Waals surface area contributed by atoms with Crippen LogP contribution in [0.3, 0.4) is 0 Å². The summed E-state index contributed by atoms with van der Waals surface area (Å²) in [6.07, 6.45) is 0. The quantitative estimate of drug-likeness (QED) is 0.736. The lowest BCUT2D eigenvalue weighted by Gasteiger charge is -2.01. The maximum absolute atomic E-state index is 11.8. The van der Waals surface area contributed by atoms with Crippen LogP contribution in [0.15, 0.2) is 55.5 Å². The van der Waals surface area contributed by atoms with E-state index in [9.17, 15) is 4.79 Å². The first kappa shape index (κ1) is 12.4. The Hall–Kier alpha value is -1.66. The van der Waals surface area contributed by atoms with Crippen LogP contribution in [-0.4, -0.2) is 9.78 Å². The van der Waals surface area contributed by atoms with Crippen LogP contribution in [0.1, 0.15) is 5.56 Å². The highest BCUT2D eigenvalue weighted by atomic mass is 79.9. The average molecular weight is 337 g/mol. The third-order valence-electron chi connectivity index (χ3n) is 2.62. The van der Waals surface area contributed by atoms with Crippen molar-refractivity contribution in [2.45, 2.75) is 6.54 Å². The van der Waals surface area contributed by atoms with E-state index in [1.165, 1.54) is 16.0 Å². The highest BCUT2D eigenvalue weighted by Crippen LogP contribution is 2.22. The molecule has 3 rings (SSSR count). The first-order valence-electron chi connectivity index (χ1n) is 5.59. The van der Waals surface area contributed by atoms with Crippen molar-refractivity contribution in [1.29, 1.82) is 0 Å². The summed E-state index contributed by atoms with van der Waals surface area (Å²) in [4.78, 5) is 12.6. The highest BCUT2D eigenvalue weighted by molar-refractivity contribution is 9.10. The lowest BCUT2D eigenvalue weighted by atomic mass is 10.2. The summed E-state index contributed by atoms with van der Waals surface area (Å²) in [7, 11) is 0. The summed E-state index contributed by atoms with van der Waals surface area (Å²) in [6, 6.07) is 11.5. The van der Waals surface area contributed by atoms with E-state index in [4.69, 9.17) is 4.42 Å². The van der Waals surface area contributed by atoms with Crippen LogP contribution in [0.5, 0.6) is 0 Å². The van der Waals surface area contributed by atoms with E-state index in [1.54, 1.807) is 0 Å². The topological polar surface area (TPSA) is 48.0 Å². The molecule has 0 saturated carbocycles. The molecule has 0 spiro atoms. The van der Waals surface area contributed by atoms with E-state index in [2.05, 4.69) is 21.0 Å². The third-order valence-corrected chi connectivity index (χ3v) is 4.25. The number of thiophene rings is 1. The van der Waals surface area contributed by atoms with Crippen LogP contribution >= 0.6 is 27.3 Å². The standard InChI is InChI=1S/C13H9BrN2O2S/c14-10-5-2-1-4-9(10)8-16-13(17)18-12(15-16)11-6-3-7-19-11/h1-7H,8H2. The molecule has 0 aliphatic rings. The second kappa shape index (κ2) is 5.14. The summed E-state index contributed by atoms with van der Waals surface area (Å²) in [5, 5.41) is 6.13. The van der Waals surface area contributed by atoms with Crippen molar-refractivity contribution in [3.05, 3.63) is 62.4 Å². The number of hydrogen-bond donors (Lipinski definition) is 0. The maximum atomic E-state index is 11.8. The Morgan fingerprint density at radius 3 is 2.84 bits per heavy atom. The molecule has 0 aliphatic carbocycles. The number of nitrogens with zero attached hydrogens (tertiary/aromatic N) is 2. The fourth-order valence-corrected chi connectivity index (χ4v) is 2.75. The molecule has 0 atom stereocenters. The van der Waals surface area contributed by atoms with Gasteiger partial charge in [0.15, 0.2) is 0 Å². The Bertz CT molecular complexity index is 746. The summed E-state index contributed by atoms with van der Waals surface area (Å²) < 4.78 is 7.44. The molecule has 0 fully saturated rings. The van der Waals surface area contributed by atoms with Crippen molar-refractivity contribution in [3.8, 4) is 10.8 Å². The smallest absolute Gasteiger partial charge is 0.387 e. The fourth-order valence-electron chi connectivity index (χ4n) is 1.69. The third kappa shape index (κ3) is 2.54. The first-order valence-corrected chi connectivity index (χ1v) is 7.26. The van der Waals surface area contributed by atoms with Crippen molar-refractivity contribution in [3.63, 3.8) is 0 Å². The van der Waals surface area contributed by atoms with Gasteiger partial charge < -0.3 is 4.42 Å². The fraction of sp³-hybridized carbons (Fsp3) is 0.0769. The maximum Gasteiger partial charge on any atom is 0.437 e. The van der Waals surface area contributed by atoms with Crippen LogP contribution < -0.4 is 5.76 Å². The zero-order valence-corrected chi connectivity index (χ0v) is 12.1. The Balaban J connectivity index is 1.95. The summed E-state index contributed by atoms with van der Waals surface area (Å²) >= 11 is 4.94. The lowest BCUT2D eigenvalue weighted by Crippen LogP contribution is -2.16. The SMILES string of the molecule is O=c1oc(-c2cccs2)nn1Cc1ccccc1Br. The van der Waals surface area contributed by atoms with Crippen molar-refractivity contribution in [2.24, 2.45) is 0 Å². The van der Waals surface area contributed by atoms with Gasteiger partial charge in [0.25, 0.3) is 5.89 Å². The molecule has 3 aromatic rings. The van der Waals surface area contributed by atoms with Crippen molar-refractivity contribution in [2.75, 3.05) is 0 Å².